The van der Waals surface area contributed by atoms with Gasteiger partial charge >= 0.3 is 0 Å². The number of nitrogens with zero attached hydrogens (tertiary/aromatic N) is 1. The molecular weight excluding hydrogens is 176 g/mol. The topological polar surface area (TPSA) is 49.5 Å². The fourth-order valence-corrected chi connectivity index (χ4v) is 3.13. The van der Waals surface area contributed by atoms with Gasteiger partial charge in [-0.15, -0.1) is 0 Å². The highest BCUT2D eigenvalue weighted by Gasteiger charge is 2.41. The Kier molecular flexibility index (Phi) is 3.10. The second-order valence-corrected chi connectivity index (χ2v) is 4.85. The minimum atomic E-state index is 0.138. The van der Waals surface area contributed by atoms with Crippen LogP contribution in [0.15, 0.2) is 0 Å². The molecule has 82 valence electrons. The highest BCUT2D eigenvalue weighted by molar-refractivity contribution is 4.97. The molecule has 3 N–H and O–H groups in total. The predicted octanol–water partition coefficient (Wildman–Crippen LogP) is 0.569. The van der Waals surface area contributed by atoms with Crippen LogP contribution in [0, 0.1) is 5.92 Å². The van der Waals surface area contributed by atoms with Crippen molar-refractivity contribution >= 4 is 0 Å². The fourth-order valence-electron chi connectivity index (χ4n) is 3.13. The van der Waals surface area contributed by atoms with E-state index in [9.17, 15) is 5.11 Å². The van der Waals surface area contributed by atoms with Crippen molar-refractivity contribution in [1.82, 2.24) is 4.90 Å². The lowest BCUT2D eigenvalue weighted by Crippen LogP contribution is -2.52. The van der Waals surface area contributed by atoms with E-state index in [1.807, 2.05) is 0 Å². The lowest BCUT2D eigenvalue weighted by atomic mass is 10.0. The van der Waals surface area contributed by atoms with Crippen molar-refractivity contribution < 1.29 is 5.11 Å². The molecule has 0 aromatic rings. The number of nitrogens with two attached hydrogens (primary N) is 1. The summed E-state index contributed by atoms with van der Waals surface area (Å²) < 4.78 is 0. The second kappa shape index (κ2) is 4.17. The van der Waals surface area contributed by atoms with Gasteiger partial charge in [-0.05, 0) is 31.6 Å². The van der Waals surface area contributed by atoms with Gasteiger partial charge in [-0.25, -0.2) is 0 Å². The van der Waals surface area contributed by atoms with Crippen LogP contribution in [0.25, 0.3) is 0 Å². The Balaban J connectivity index is 1.98. The molecule has 1 aliphatic carbocycles. The van der Waals surface area contributed by atoms with E-state index in [2.05, 4.69) is 11.8 Å². The van der Waals surface area contributed by atoms with Crippen LogP contribution in [0.4, 0.5) is 0 Å². The molecule has 2 fully saturated rings. The molecule has 0 aromatic carbocycles. The summed E-state index contributed by atoms with van der Waals surface area (Å²) >= 11 is 0. The Bertz CT molecular complexity index is 198. The first-order valence-electron chi connectivity index (χ1n) is 5.88. The summed E-state index contributed by atoms with van der Waals surface area (Å²) in [5, 5.41) is 9.39. The van der Waals surface area contributed by atoms with Crippen LogP contribution in [-0.2, 0) is 0 Å². The molecule has 2 bridgehead atoms. The average molecular weight is 198 g/mol. The van der Waals surface area contributed by atoms with Crippen LogP contribution in [0.3, 0.4) is 0 Å². The molecule has 2 rings (SSSR count). The van der Waals surface area contributed by atoms with Gasteiger partial charge in [0.1, 0.15) is 0 Å². The van der Waals surface area contributed by atoms with Gasteiger partial charge in [0.25, 0.3) is 0 Å². The van der Waals surface area contributed by atoms with Crippen molar-refractivity contribution in [2.45, 2.75) is 50.7 Å². The van der Waals surface area contributed by atoms with E-state index >= 15 is 0 Å². The van der Waals surface area contributed by atoms with Crippen LogP contribution >= 0.6 is 0 Å². The third kappa shape index (κ3) is 1.69. The molecule has 1 heterocycles. The van der Waals surface area contributed by atoms with Crippen LogP contribution in [0.1, 0.15) is 32.6 Å². The van der Waals surface area contributed by atoms with Crippen LogP contribution < -0.4 is 5.73 Å². The average Bonchev–Trinajstić information content (AvgIpc) is 2.80. The van der Waals surface area contributed by atoms with Gasteiger partial charge in [0, 0.05) is 24.7 Å². The zero-order valence-electron chi connectivity index (χ0n) is 9.02. The minimum absolute atomic E-state index is 0.138. The number of hydrogen-bond donors (Lipinski definition) is 2. The third-order valence-electron chi connectivity index (χ3n) is 4.03. The van der Waals surface area contributed by atoms with Crippen LogP contribution in [-0.4, -0.2) is 41.3 Å². The number of aliphatic hydroxyl groups is 1. The zero-order valence-corrected chi connectivity index (χ0v) is 9.02. The molecule has 4 atom stereocenters. The zero-order chi connectivity index (χ0) is 10.1. The summed E-state index contributed by atoms with van der Waals surface area (Å²) in [5.74, 6) is 0.887. The van der Waals surface area contributed by atoms with Gasteiger partial charge < -0.3 is 10.8 Å². The maximum absolute atomic E-state index is 9.39. The Hall–Kier alpha value is -0.120. The first-order chi connectivity index (χ1) is 6.76. The molecule has 3 nitrogen and oxygen atoms in total. The van der Waals surface area contributed by atoms with Crippen molar-refractivity contribution in [2.75, 3.05) is 13.2 Å². The molecule has 4 unspecified atom stereocenters. The molecule has 0 amide bonds. The molecule has 0 radical (unpaired) electrons. The third-order valence-corrected chi connectivity index (χ3v) is 4.03. The van der Waals surface area contributed by atoms with Gasteiger partial charge in [0.2, 0.25) is 0 Å². The van der Waals surface area contributed by atoms with Crippen molar-refractivity contribution in [3.05, 3.63) is 0 Å². The molecule has 1 aliphatic heterocycles. The van der Waals surface area contributed by atoms with Gasteiger partial charge in [-0.2, -0.15) is 0 Å². The summed E-state index contributed by atoms with van der Waals surface area (Å²) in [7, 11) is 0. The van der Waals surface area contributed by atoms with Gasteiger partial charge in [-0.1, -0.05) is 6.92 Å². The van der Waals surface area contributed by atoms with Crippen molar-refractivity contribution in [2.24, 2.45) is 11.7 Å². The SMILES string of the molecule is CCC(N)C(CO)N1CC2CCC1C2. The monoisotopic (exact) mass is 198 g/mol. The van der Waals surface area contributed by atoms with E-state index in [1.54, 1.807) is 0 Å². The number of rotatable bonds is 4. The van der Waals surface area contributed by atoms with Gasteiger partial charge in [0.05, 0.1) is 6.61 Å². The lowest BCUT2D eigenvalue weighted by molar-refractivity contribution is 0.0766. The van der Waals surface area contributed by atoms with E-state index < -0.39 is 0 Å². The normalized spacial score (nSPS) is 36.2. The standard InChI is InChI=1S/C11H22N2O/c1-2-10(12)11(7-14)13-6-8-3-4-9(13)5-8/h8-11,14H,2-7,12H2,1H3. The molecule has 3 heteroatoms. The smallest absolute Gasteiger partial charge is 0.0602 e. The second-order valence-electron chi connectivity index (χ2n) is 4.85. The van der Waals surface area contributed by atoms with Gasteiger partial charge in [0.15, 0.2) is 0 Å². The first kappa shape index (κ1) is 10.4. The van der Waals surface area contributed by atoms with E-state index in [4.69, 9.17) is 5.73 Å². The van der Waals surface area contributed by atoms with Crippen molar-refractivity contribution in [3.63, 3.8) is 0 Å². The number of fused-ring (bicyclic) bond motifs is 2. The summed E-state index contributed by atoms with van der Waals surface area (Å²) in [6.07, 6.45) is 5.00. The highest BCUT2D eigenvalue weighted by atomic mass is 16.3. The first-order valence-corrected chi connectivity index (χ1v) is 5.88. The number of likely N-dealkylation sites (tertiary alicyclic amines) is 1. The lowest BCUT2D eigenvalue weighted by Gasteiger charge is -2.36. The fraction of sp³-hybridized carbons (Fsp3) is 1.00. The summed E-state index contributed by atoms with van der Waals surface area (Å²) in [4.78, 5) is 2.46. The largest absolute Gasteiger partial charge is 0.395 e. The van der Waals surface area contributed by atoms with E-state index in [0.717, 1.165) is 18.4 Å². The number of hydrogen-bond acceptors (Lipinski definition) is 3. The Morgan fingerprint density at radius 3 is 2.71 bits per heavy atom. The molecule has 1 saturated heterocycles. The molecular formula is C11H22N2O. The Morgan fingerprint density at radius 1 is 1.50 bits per heavy atom. The molecule has 0 aromatic heterocycles. The molecule has 0 spiro atoms. The quantitative estimate of drug-likeness (QED) is 0.694. The molecule has 2 aliphatic rings. The van der Waals surface area contributed by atoms with E-state index in [0.29, 0.717) is 0 Å². The molecule has 14 heavy (non-hydrogen) atoms. The van der Waals surface area contributed by atoms with Gasteiger partial charge in [-0.3, -0.25) is 4.90 Å². The Morgan fingerprint density at radius 2 is 2.29 bits per heavy atom. The van der Waals surface area contributed by atoms with E-state index in [1.165, 1.54) is 25.8 Å². The summed E-state index contributed by atoms with van der Waals surface area (Å²) in [5.41, 5.74) is 6.04. The van der Waals surface area contributed by atoms with E-state index in [-0.39, 0.29) is 18.7 Å². The molecule has 1 saturated carbocycles. The maximum Gasteiger partial charge on any atom is 0.0602 e. The Labute approximate surface area is 86.3 Å². The summed E-state index contributed by atoms with van der Waals surface area (Å²) in [6.45, 7) is 3.49. The van der Waals surface area contributed by atoms with Crippen molar-refractivity contribution in [3.8, 4) is 0 Å². The number of piperidine rings is 1. The predicted molar refractivity (Wildman–Crippen MR) is 57.0 cm³/mol. The maximum atomic E-state index is 9.39. The number of aliphatic hydroxyl groups excluding tert-OH is 1. The highest BCUT2D eigenvalue weighted by Crippen LogP contribution is 2.38. The minimum Gasteiger partial charge on any atom is -0.395 e. The van der Waals surface area contributed by atoms with Crippen LogP contribution in [0.2, 0.25) is 0 Å². The van der Waals surface area contributed by atoms with Crippen molar-refractivity contribution in [1.29, 1.82) is 0 Å². The summed E-state index contributed by atoms with van der Waals surface area (Å²) in [6, 6.07) is 1.06. The van der Waals surface area contributed by atoms with Crippen LogP contribution in [0.5, 0.6) is 0 Å².